The Balaban J connectivity index is 0.00000121. The lowest BCUT2D eigenvalue weighted by atomic mass is 10.3. The van der Waals surface area contributed by atoms with Gasteiger partial charge in [0.15, 0.2) is 0 Å². The summed E-state index contributed by atoms with van der Waals surface area (Å²) in [6.45, 7) is 0. The van der Waals surface area contributed by atoms with Crippen LogP contribution in [-0.2, 0) is 0 Å². The van der Waals surface area contributed by atoms with Crippen molar-refractivity contribution in [3.63, 3.8) is 0 Å². The van der Waals surface area contributed by atoms with Gasteiger partial charge >= 0.3 is 6.09 Å². The summed E-state index contributed by atoms with van der Waals surface area (Å²) >= 11 is 2.15. The zero-order chi connectivity index (χ0) is 13.4. The fourth-order valence-electron chi connectivity index (χ4n) is 1.02. The highest BCUT2D eigenvalue weighted by Gasteiger charge is 2.07. The summed E-state index contributed by atoms with van der Waals surface area (Å²) in [7, 11) is 7.18. The van der Waals surface area contributed by atoms with Crippen molar-refractivity contribution in [1.29, 1.82) is 0 Å². The third-order valence-electron chi connectivity index (χ3n) is 1.90. The molecule has 4 nitrogen and oxygen atoms in total. The van der Waals surface area contributed by atoms with E-state index in [0.29, 0.717) is 5.75 Å². The van der Waals surface area contributed by atoms with Crippen LogP contribution in [0.2, 0.25) is 0 Å². The van der Waals surface area contributed by atoms with Crippen LogP contribution in [0, 0.1) is 0 Å². The van der Waals surface area contributed by atoms with Gasteiger partial charge in [-0.05, 0) is 17.1 Å². The van der Waals surface area contributed by atoms with E-state index in [-0.39, 0.29) is 6.09 Å². The summed E-state index contributed by atoms with van der Waals surface area (Å²) in [5, 5.41) is 0. The Bertz CT molecular complexity index is 354. The van der Waals surface area contributed by atoms with Gasteiger partial charge in [-0.1, -0.05) is 28.7 Å². The molecule has 0 N–H and O–H groups in total. The molecular weight excluding hydrogens is 331 g/mol. The van der Waals surface area contributed by atoms with Gasteiger partial charge in [-0.2, -0.15) is 0 Å². The second-order valence-corrected chi connectivity index (χ2v) is 3.65. The smallest absolute Gasteiger partial charge is 0.410 e. The first-order valence-corrected chi connectivity index (χ1v) is 7.21. The number of hydrogen-bond acceptors (Lipinski definition) is 3. The minimum atomic E-state index is -0.370. The summed E-state index contributed by atoms with van der Waals surface area (Å²) in [6.07, 6.45) is -0.370. The highest BCUT2D eigenvalue weighted by molar-refractivity contribution is 14.1. The van der Waals surface area contributed by atoms with E-state index < -0.39 is 0 Å². The zero-order valence-electron chi connectivity index (χ0n) is 10.9. The van der Waals surface area contributed by atoms with Gasteiger partial charge in [-0.15, -0.1) is 0 Å². The number of carbonyl (C=O) groups is 1. The van der Waals surface area contributed by atoms with Crippen molar-refractivity contribution < 1.29 is 9.53 Å². The molecule has 0 aliphatic rings. The van der Waals surface area contributed by atoms with Crippen molar-refractivity contribution >= 4 is 34.4 Å². The average molecular weight is 350 g/mol. The molecule has 0 unspecified atom stereocenters. The zero-order valence-corrected chi connectivity index (χ0v) is 13.1. The van der Waals surface area contributed by atoms with E-state index in [2.05, 4.69) is 22.6 Å². The number of nitrogens with zero attached hydrogens (tertiary/aromatic N) is 2. The Hall–Kier alpha value is -0.980. The maximum Gasteiger partial charge on any atom is 0.414 e. The number of amides is 1. The summed E-state index contributed by atoms with van der Waals surface area (Å²) in [5.74, 6) is 0.555. The highest BCUT2D eigenvalue weighted by Crippen LogP contribution is 2.19. The molecule has 1 aromatic carbocycles. The second-order valence-electron chi connectivity index (χ2n) is 3.65. The van der Waals surface area contributed by atoms with Gasteiger partial charge in [0.25, 0.3) is 0 Å². The quantitative estimate of drug-likeness (QED) is 0.608. The molecule has 0 fully saturated rings. The molecule has 1 amide bonds. The molecule has 17 heavy (non-hydrogen) atoms. The van der Waals surface area contributed by atoms with Crippen molar-refractivity contribution in [2.75, 3.05) is 38.0 Å². The van der Waals surface area contributed by atoms with Crippen LogP contribution < -0.4 is 9.64 Å². The predicted molar refractivity (Wildman–Crippen MR) is 80.4 cm³/mol. The van der Waals surface area contributed by atoms with E-state index in [1.54, 1.807) is 20.2 Å². The molecule has 0 aromatic heterocycles. The largest absolute Gasteiger partial charge is 0.414 e. The molecule has 0 bridgehead atoms. The second kappa shape index (κ2) is 8.16. The predicted octanol–water partition coefficient (Wildman–Crippen LogP) is 2.86. The number of alkyl halides is 1. The summed E-state index contributed by atoms with van der Waals surface area (Å²) in [4.78, 5) is 16.6. The van der Waals surface area contributed by atoms with Crippen molar-refractivity contribution in [2.24, 2.45) is 0 Å². The van der Waals surface area contributed by atoms with Gasteiger partial charge in [-0.25, -0.2) is 4.79 Å². The summed E-state index contributed by atoms with van der Waals surface area (Å²) in [6, 6.07) is 7.39. The minimum Gasteiger partial charge on any atom is -0.410 e. The van der Waals surface area contributed by atoms with Crippen molar-refractivity contribution in [3.05, 3.63) is 24.3 Å². The number of ether oxygens (including phenoxy) is 1. The number of halogens is 1. The topological polar surface area (TPSA) is 32.8 Å². The fraction of sp³-hybridized carbons (Fsp3) is 0.417. The molecular formula is C12H19IN2O2. The van der Waals surface area contributed by atoms with E-state index in [0.717, 1.165) is 5.69 Å². The van der Waals surface area contributed by atoms with Gasteiger partial charge < -0.3 is 14.5 Å². The first-order valence-electron chi connectivity index (χ1n) is 5.05. The lowest BCUT2D eigenvalue weighted by Crippen LogP contribution is -2.25. The molecule has 5 heteroatoms. The van der Waals surface area contributed by atoms with Crippen molar-refractivity contribution in [3.8, 4) is 5.75 Å². The molecule has 0 heterocycles. The van der Waals surface area contributed by atoms with Gasteiger partial charge in [-0.3, -0.25) is 0 Å². The Morgan fingerprint density at radius 3 is 2.24 bits per heavy atom. The van der Waals surface area contributed by atoms with Crippen LogP contribution in [-0.4, -0.2) is 44.1 Å². The number of anilines is 1. The van der Waals surface area contributed by atoms with Gasteiger partial charge in [0.05, 0.1) is 0 Å². The number of benzene rings is 1. The molecule has 0 aliphatic heterocycles. The fourth-order valence-corrected chi connectivity index (χ4v) is 1.02. The van der Waals surface area contributed by atoms with E-state index in [1.807, 2.05) is 42.1 Å². The van der Waals surface area contributed by atoms with Crippen molar-refractivity contribution in [2.45, 2.75) is 0 Å². The van der Waals surface area contributed by atoms with Crippen LogP contribution in [0.4, 0.5) is 10.5 Å². The Kier molecular flexibility index (Phi) is 7.69. The normalized spacial score (nSPS) is 8.82. The standard InChI is InChI=1S/C11H16N2O2.CH3I/c1-12(2)9-6-5-7-10(8-9)15-11(14)13(3)4;1-2/h5-8H,1-4H3;1H3. The average Bonchev–Trinajstić information content (AvgIpc) is 2.31. The van der Waals surface area contributed by atoms with E-state index in [1.165, 1.54) is 4.90 Å². The number of carbonyl (C=O) groups excluding carboxylic acids is 1. The minimum absolute atomic E-state index is 0.370. The lowest BCUT2D eigenvalue weighted by molar-refractivity contribution is 0.172. The maximum absolute atomic E-state index is 11.3. The lowest BCUT2D eigenvalue weighted by Gasteiger charge is -2.14. The van der Waals surface area contributed by atoms with Gasteiger partial charge in [0, 0.05) is 39.9 Å². The summed E-state index contributed by atoms with van der Waals surface area (Å²) in [5.41, 5.74) is 0.999. The molecule has 0 atom stereocenters. The SMILES string of the molecule is CI.CN(C)C(=O)Oc1cccc(N(C)C)c1. The maximum atomic E-state index is 11.3. The molecule has 1 aromatic rings. The van der Waals surface area contributed by atoms with Gasteiger partial charge in [0.1, 0.15) is 5.75 Å². The van der Waals surface area contributed by atoms with Crippen LogP contribution in [0.3, 0.4) is 0 Å². The van der Waals surface area contributed by atoms with Crippen LogP contribution >= 0.6 is 22.6 Å². The van der Waals surface area contributed by atoms with E-state index >= 15 is 0 Å². The molecule has 0 saturated heterocycles. The van der Waals surface area contributed by atoms with Crippen LogP contribution in [0.25, 0.3) is 0 Å². The third-order valence-corrected chi connectivity index (χ3v) is 1.90. The monoisotopic (exact) mass is 350 g/mol. The summed E-state index contributed by atoms with van der Waals surface area (Å²) < 4.78 is 5.13. The van der Waals surface area contributed by atoms with Gasteiger partial charge in [0.2, 0.25) is 0 Å². The van der Waals surface area contributed by atoms with E-state index in [4.69, 9.17) is 4.74 Å². The number of hydrogen-bond donors (Lipinski definition) is 0. The first-order chi connectivity index (χ1) is 8.00. The molecule has 0 aliphatic carbocycles. The molecule has 0 saturated carbocycles. The first kappa shape index (κ1) is 16.0. The molecule has 0 radical (unpaired) electrons. The molecule has 1 rings (SSSR count). The Labute approximate surface area is 117 Å². The van der Waals surface area contributed by atoms with E-state index in [9.17, 15) is 4.79 Å². The Morgan fingerprint density at radius 1 is 1.18 bits per heavy atom. The Morgan fingerprint density at radius 2 is 1.76 bits per heavy atom. The molecule has 0 spiro atoms. The third kappa shape index (κ3) is 5.76. The number of rotatable bonds is 2. The van der Waals surface area contributed by atoms with Crippen LogP contribution in [0.1, 0.15) is 0 Å². The van der Waals surface area contributed by atoms with Crippen LogP contribution in [0.5, 0.6) is 5.75 Å². The van der Waals surface area contributed by atoms with Crippen molar-refractivity contribution in [1.82, 2.24) is 4.90 Å². The molecule has 96 valence electrons. The van der Waals surface area contributed by atoms with Crippen LogP contribution in [0.15, 0.2) is 24.3 Å². The highest BCUT2D eigenvalue weighted by atomic mass is 127.